The second kappa shape index (κ2) is 6.04. The Bertz CT molecular complexity index is 833. The van der Waals surface area contributed by atoms with E-state index in [1.165, 1.54) is 25.9 Å². The van der Waals surface area contributed by atoms with Crippen molar-refractivity contribution in [1.82, 2.24) is 15.1 Å². The van der Waals surface area contributed by atoms with Gasteiger partial charge in [-0.25, -0.2) is 0 Å². The average molecular weight is 336 g/mol. The smallest absolute Gasteiger partial charge is 0.318 e. The fourth-order valence-electron chi connectivity index (χ4n) is 3.81. The monoisotopic (exact) mass is 336 g/mol. The summed E-state index contributed by atoms with van der Waals surface area (Å²) in [6, 6.07) is 13.0. The maximum Gasteiger partial charge on any atom is 0.318 e. The molecular weight excluding hydrogens is 316 g/mol. The number of furan rings is 1. The maximum atomic E-state index is 6.01. The van der Waals surface area contributed by atoms with Gasteiger partial charge in [0.15, 0.2) is 0 Å². The molecule has 0 unspecified atom stereocenters. The van der Waals surface area contributed by atoms with Crippen LogP contribution < -0.4 is 4.90 Å². The first kappa shape index (κ1) is 14.7. The number of hydrogen-bond donors (Lipinski definition) is 0. The molecule has 3 saturated heterocycles. The fraction of sp³-hybridized carbons (Fsp3) is 0.368. The zero-order valence-corrected chi connectivity index (χ0v) is 14.0. The molecule has 3 aliphatic heterocycles. The van der Waals surface area contributed by atoms with Crippen LogP contribution in [0.4, 0.5) is 6.01 Å². The van der Waals surface area contributed by atoms with Crippen LogP contribution in [0.3, 0.4) is 0 Å². The Morgan fingerprint density at radius 1 is 0.880 bits per heavy atom. The first-order valence-electron chi connectivity index (χ1n) is 8.84. The van der Waals surface area contributed by atoms with E-state index in [9.17, 15) is 0 Å². The summed E-state index contributed by atoms with van der Waals surface area (Å²) in [6.45, 7) is 4.39. The Balaban J connectivity index is 1.39. The predicted octanol–water partition coefficient (Wildman–Crippen LogP) is 3.28. The van der Waals surface area contributed by atoms with Gasteiger partial charge in [0.25, 0.3) is 0 Å². The lowest BCUT2D eigenvalue weighted by atomic mass is 10.1. The minimum Gasteiger partial charge on any atom is -0.464 e. The van der Waals surface area contributed by atoms with Gasteiger partial charge in [0.2, 0.25) is 5.89 Å². The van der Waals surface area contributed by atoms with Gasteiger partial charge >= 0.3 is 6.01 Å². The van der Waals surface area contributed by atoms with Crippen LogP contribution in [-0.2, 0) is 0 Å². The maximum absolute atomic E-state index is 6.01. The quantitative estimate of drug-likeness (QED) is 0.731. The number of fused-ring (bicyclic) bond motifs is 4. The molecule has 0 N–H and O–H groups in total. The molecule has 6 nitrogen and oxygen atoms in total. The van der Waals surface area contributed by atoms with Gasteiger partial charge in [0.05, 0.1) is 6.26 Å². The normalized spacial score (nSPS) is 23.0. The molecule has 3 fully saturated rings. The number of benzene rings is 1. The molecule has 3 aromatic rings. The molecule has 0 spiro atoms. The van der Waals surface area contributed by atoms with Gasteiger partial charge in [0.1, 0.15) is 5.76 Å². The van der Waals surface area contributed by atoms with Crippen molar-refractivity contribution >= 4 is 6.01 Å². The van der Waals surface area contributed by atoms with Gasteiger partial charge in [-0.3, -0.25) is 0 Å². The molecule has 5 heterocycles. The molecule has 128 valence electrons. The summed E-state index contributed by atoms with van der Waals surface area (Å²) >= 11 is 0. The van der Waals surface area contributed by atoms with E-state index < -0.39 is 0 Å². The highest BCUT2D eigenvalue weighted by Crippen LogP contribution is 2.29. The molecular formula is C19H20N4O2. The van der Waals surface area contributed by atoms with Crippen molar-refractivity contribution < 1.29 is 8.83 Å². The third kappa shape index (κ3) is 2.72. The SMILES string of the molecule is c1coc(-c2ccc(-c3nnc(N4CCN5CCC4CC5)o3)cc2)c1. The van der Waals surface area contributed by atoms with Crippen LogP contribution >= 0.6 is 0 Å². The summed E-state index contributed by atoms with van der Waals surface area (Å²) in [7, 11) is 0. The van der Waals surface area contributed by atoms with Crippen molar-refractivity contribution in [1.29, 1.82) is 0 Å². The standard InChI is InChI=1S/C19H20N4O2/c1-2-17(24-13-1)14-3-5-15(6-4-14)18-20-21-19(25-18)23-12-11-22-9-7-16(23)8-10-22/h1-6,13,16H,7-12H2. The molecule has 25 heavy (non-hydrogen) atoms. The number of aromatic nitrogens is 2. The summed E-state index contributed by atoms with van der Waals surface area (Å²) in [5, 5.41) is 8.59. The van der Waals surface area contributed by atoms with Crippen LogP contribution in [0.2, 0.25) is 0 Å². The van der Waals surface area contributed by atoms with Gasteiger partial charge < -0.3 is 18.6 Å². The number of anilines is 1. The minimum absolute atomic E-state index is 0.522. The van der Waals surface area contributed by atoms with Crippen LogP contribution in [0.15, 0.2) is 51.5 Å². The summed E-state index contributed by atoms with van der Waals surface area (Å²) in [4.78, 5) is 4.81. The fourth-order valence-corrected chi connectivity index (χ4v) is 3.81. The molecule has 0 aliphatic carbocycles. The van der Waals surface area contributed by atoms with Crippen LogP contribution in [0.1, 0.15) is 12.8 Å². The molecule has 0 amide bonds. The van der Waals surface area contributed by atoms with E-state index in [2.05, 4.69) is 20.0 Å². The zero-order chi connectivity index (χ0) is 16.6. The van der Waals surface area contributed by atoms with Gasteiger partial charge in [-0.1, -0.05) is 17.2 Å². The molecule has 0 atom stereocenters. The van der Waals surface area contributed by atoms with Gasteiger partial charge in [0, 0.05) is 43.3 Å². The van der Waals surface area contributed by atoms with Gasteiger partial charge in [-0.15, -0.1) is 5.10 Å². The van der Waals surface area contributed by atoms with Crippen molar-refractivity contribution in [3.63, 3.8) is 0 Å². The zero-order valence-electron chi connectivity index (χ0n) is 14.0. The summed E-state index contributed by atoms with van der Waals surface area (Å²) in [5.74, 6) is 1.42. The molecule has 3 aliphatic rings. The predicted molar refractivity (Wildman–Crippen MR) is 94.2 cm³/mol. The number of hydrogen-bond acceptors (Lipinski definition) is 6. The topological polar surface area (TPSA) is 58.5 Å². The largest absolute Gasteiger partial charge is 0.464 e. The van der Waals surface area contributed by atoms with E-state index in [1.54, 1.807) is 6.26 Å². The van der Waals surface area contributed by atoms with E-state index in [4.69, 9.17) is 8.83 Å². The van der Waals surface area contributed by atoms with Crippen LogP contribution in [0.25, 0.3) is 22.8 Å². The highest BCUT2D eigenvalue weighted by atomic mass is 16.4. The van der Waals surface area contributed by atoms with E-state index in [0.29, 0.717) is 17.9 Å². The molecule has 6 heteroatoms. The lowest BCUT2D eigenvalue weighted by Gasteiger charge is -2.29. The Hall–Kier alpha value is -2.60. The molecule has 0 radical (unpaired) electrons. The Kier molecular flexibility index (Phi) is 3.56. The summed E-state index contributed by atoms with van der Waals surface area (Å²) < 4.78 is 11.4. The number of nitrogens with zero attached hydrogens (tertiary/aromatic N) is 4. The van der Waals surface area contributed by atoms with Crippen molar-refractivity contribution in [3.8, 4) is 22.8 Å². The van der Waals surface area contributed by atoms with Gasteiger partial charge in [-0.05, 0) is 37.1 Å². The highest BCUT2D eigenvalue weighted by molar-refractivity contribution is 5.63. The lowest BCUT2D eigenvalue weighted by molar-refractivity contribution is 0.249. The first-order valence-corrected chi connectivity index (χ1v) is 8.84. The molecule has 6 rings (SSSR count). The van der Waals surface area contributed by atoms with Gasteiger partial charge in [-0.2, -0.15) is 0 Å². The number of rotatable bonds is 3. The van der Waals surface area contributed by atoms with Crippen LogP contribution in [0, 0.1) is 0 Å². The van der Waals surface area contributed by atoms with Crippen LogP contribution in [0.5, 0.6) is 0 Å². The van der Waals surface area contributed by atoms with Crippen molar-refractivity contribution in [2.24, 2.45) is 0 Å². The summed E-state index contributed by atoms with van der Waals surface area (Å²) in [5.41, 5.74) is 1.96. The average Bonchev–Trinajstić information content (AvgIpc) is 3.29. The van der Waals surface area contributed by atoms with Crippen LogP contribution in [-0.4, -0.2) is 47.3 Å². The second-order valence-corrected chi connectivity index (χ2v) is 6.71. The van der Waals surface area contributed by atoms with Crippen molar-refractivity contribution in [2.75, 3.05) is 31.1 Å². The Labute approximate surface area is 146 Å². The minimum atomic E-state index is 0.522. The second-order valence-electron chi connectivity index (χ2n) is 6.71. The van der Waals surface area contributed by atoms with E-state index in [-0.39, 0.29) is 0 Å². The third-order valence-corrected chi connectivity index (χ3v) is 5.25. The Morgan fingerprint density at radius 2 is 1.68 bits per heavy atom. The third-order valence-electron chi connectivity index (χ3n) is 5.25. The lowest BCUT2D eigenvalue weighted by Crippen LogP contribution is -2.38. The number of piperidine rings is 1. The van der Waals surface area contributed by atoms with E-state index in [0.717, 1.165) is 30.0 Å². The molecule has 2 bridgehead atoms. The van der Waals surface area contributed by atoms with Crippen molar-refractivity contribution in [3.05, 3.63) is 42.7 Å². The van der Waals surface area contributed by atoms with E-state index >= 15 is 0 Å². The van der Waals surface area contributed by atoms with E-state index in [1.807, 2.05) is 36.4 Å². The molecule has 2 aromatic heterocycles. The molecule has 1 aromatic carbocycles. The Morgan fingerprint density at radius 3 is 2.44 bits per heavy atom. The first-order chi connectivity index (χ1) is 12.4. The highest BCUT2D eigenvalue weighted by Gasteiger charge is 2.31. The molecule has 0 saturated carbocycles. The summed E-state index contributed by atoms with van der Waals surface area (Å²) in [6.07, 6.45) is 4.03. The van der Waals surface area contributed by atoms with Crippen molar-refractivity contribution in [2.45, 2.75) is 18.9 Å².